The zero-order chi connectivity index (χ0) is 30.0. The van der Waals surface area contributed by atoms with E-state index in [2.05, 4.69) is 45.0 Å². The molecular formula is C33H35N5O3S. The fourth-order valence-corrected chi connectivity index (χ4v) is 5.97. The fourth-order valence-electron chi connectivity index (χ4n) is 5.64. The van der Waals surface area contributed by atoms with Crippen molar-refractivity contribution in [3.05, 3.63) is 112 Å². The number of nitrogens with zero attached hydrogens (tertiary/aromatic N) is 3. The van der Waals surface area contributed by atoms with E-state index in [1.165, 1.54) is 7.11 Å². The van der Waals surface area contributed by atoms with Crippen LogP contribution in [0.1, 0.15) is 62.6 Å². The molecule has 3 heterocycles. The first-order valence-corrected chi connectivity index (χ1v) is 14.3. The molecule has 2 N–H and O–H groups in total. The Bertz CT molecular complexity index is 1630. The predicted octanol–water partition coefficient (Wildman–Crippen LogP) is 5.89. The number of amides is 1. The number of hydrogen-bond donors (Lipinski definition) is 2. The summed E-state index contributed by atoms with van der Waals surface area (Å²) in [6, 6.07) is 21.0. The lowest BCUT2D eigenvalue weighted by Crippen LogP contribution is -2.33. The second-order valence-electron chi connectivity index (χ2n) is 10.6. The number of ether oxygens (including phenoxy) is 1. The van der Waals surface area contributed by atoms with Gasteiger partial charge in [-0.15, -0.1) is 0 Å². The molecule has 1 aliphatic rings. The van der Waals surface area contributed by atoms with Crippen LogP contribution >= 0.6 is 12.2 Å². The molecule has 0 bridgehead atoms. The topological polar surface area (TPSA) is 88.5 Å². The Labute approximate surface area is 251 Å². The SMILES string of the molecule is COC(=O)c1ccc(-n2c(C)cc([C@H]3[C@@H](c4ccccn4)NC(=S)N3CCC(=O)Nc3cc(C)ccc3C)c2C)cc1. The number of methoxy groups -OCH3 is 1. The Hall–Kier alpha value is -4.50. The number of carbonyl (C=O) groups is 2. The van der Waals surface area contributed by atoms with Crippen molar-refractivity contribution in [3.63, 3.8) is 0 Å². The average molecular weight is 582 g/mol. The van der Waals surface area contributed by atoms with Crippen molar-refractivity contribution in [2.24, 2.45) is 0 Å². The minimum atomic E-state index is -0.371. The molecule has 2 atom stereocenters. The van der Waals surface area contributed by atoms with Crippen LogP contribution in [0.3, 0.4) is 0 Å². The van der Waals surface area contributed by atoms with Gasteiger partial charge < -0.3 is 24.8 Å². The lowest BCUT2D eigenvalue weighted by molar-refractivity contribution is -0.116. The van der Waals surface area contributed by atoms with Crippen LogP contribution in [0.4, 0.5) is 5.69 Å². The van der Waals surface area contributed by atoms with Crippen LogP contribution < -0.4 is 10.6 Å². The molecule has 216 valence electrons. The highest BCUT2D eigenvalue weighted by Gasteiger charge is 2.41. The molecule has 8 nitrogen and oxygen atoms in total. The molecule has 1 amide bonds. The first kappa shape index (κ1) is 29.0. The molecule has 0 unspecified atom stereocenters. The van der Waals surface area contributed by atoms with Gasteiger partial charge in [-0.1, -0.05) is 18.2 Å². The predicted molar refractivity (Wildman–Crippen MR) is 168 cm³/mol. The number of anilines is 1. The van der Waals surface area contributed by atoms with Crippen LogP contribution in [0.5, 0.6) is 0 Å². The van der Waals surface area contributed by atoms with E-state index in [1.807, 2.05) is 62.4 Å². The molecule has 1 aliphatic heterocycles. The highest BCUT2D eigenvalue weighted by molar-refractivity contribution is 7.80. The standard InChI is InChI=1S/C33H35N5O3S/c1-20-9-10-21(2)28(18-20)35-29(39)15-17-37-31(30(36-33(37)42)27-8-6-7-16-34-27)26-19-22(3)38(23(26)4)25-13-11-24(12-14-25)32(40)41-5/h6-14,16,18-19,30-31H,15,17H2,1-5H3,(H,35,39)(H,36,42)/t30-,31+/m1/s1. The molecule has 5 rings (SSSR count). The second-order valence-corrected chi connectivity index (χ2v) is 11.0. The summed E-state index contributed by atoms with van der Waals surface area (Å²) in [5.74, 6) is -0.438. The third kappa shape index (κ3) is 5.78. The highest BCUT2D eigenvalue weighted by atomic mass is 32.1. The van der Waals surface area contributed by atoms with Gasteiger partial charge in [-0.2, -0.15) is 0 Å². The van der Waals surface area contributed by atoms with E-state index in [1.54, 1.807) is 18.3 Å². The van der Waals surface area contributed by atoms with E-state index < -0.39 is 0 Å². The number of hydrogen-bond acceptors (Lipinski definition) is 5. The van der Waals surface area contributed by atoms with Crippen LogP contribution in [0.25, 0.3) is 5.69 Å². The average Bonchev–Trinajstić information content (AvgIpc) is 3.47. The number of pyridine rings is 1. The maximum atomic E-state index is 13.1. The molecule has 0 aliphatic carbocycles. The van der Waals surface area contributed by atoms with Gasteiger partial charge in [0.15, 0.2) is 5.11 Å². The maximum Gasteiger partial charge on any atom is 0.337 e. The van der Waals surface area contributed by atoms with Gasteiger partial charge in [0.1, 0.15) is 0 Å². The Morgan fingerprint density at radius 1 is 1.02 bits per heavy atom. The second kappa shape index (κ2) is 12.2. The fraction of sp³-hybridized carbons (Fsp3) is 0.273. The number of benzene rings is 2. The molecule has 9 heteroatoms. The third-order valence-electron chi connectivity index (χ3n) is 7.78. The van der Waals surface area contributed by atoms with Crippen molar-refractivity contribution in [2.45, 2.75) is 46.2 Å². The zero-order valence-electron chi connectivity index (χ0n) is 24.5. The molecule has 0 spiro atoms. The van der Waals surface area contributed by atoms with Crippen molar-refractivity contribution in [3.8, 4) is 5.69 Å². The highest BCUT2D eigenvalue weighted by Crippen LogP contribution is 2.41. The Kier molecular flexibility index (Phi) is 8.40. The van der Waals surface area contributed by atoms with Gasteiger partial charge in [-0.25, -0.2) is 4.79 Å². The van der Waals surface area contributed by atoms with Gasteiger partial charge in [0.2, 0.25) is 5.91 Å². The van der Waals surface area contributed by atoms with E-state index in [0.29, 0.717) is 17.2 Å². The number of thiocarbonyl (C=S) groups is 1. The molecule has 2 aromatic heterocycles. The van der Waals surface area contributed by atoms with Gasteiger partial charge in [0, 0.05) is 41.9 Å². The number of aryl methyl sites for hydroxylation is 3. The van der Waals surface area contributed by atoms with Crippen molar-refractivity contribution in [1.82, 2.24) is 19.8 Å². The number of aromatic nitrogens is 2. The van der Waals surface area contributed by atoms with Crippen LogP contribution in [0, 0.1) is 27.7 Å². The number of nitrogens with one attached hydrogen (secondary N) is 2. The number of esters is 1. The summed E-state index contributed by atoms with van der Waals surface area (Å²) in [6.07, 6.45) is 2.05. The minimum Gasteiger partial charge on any atom is -0.465 e. The van der Waals surface area contributed by atoms with E-state index >= 15 is 0 Å². The summed E-state index contributed by atoms with van der Waals surface area (Å²) < 4.78 is 7.02. The lowest BCUT2D eigenvalue weighted by atomic mass is 9.96. The Balaban J connectivity index is 1.46. The Morgan fingerprint density at radius 3 is 2.48 bits per heavy atom. The van der Waals surface area contributed by atoms with Gasteiger partial charge >= 0.3 is 5.97 Å². The smallest absolute Gasteiger partial charge is 0.337 e. The van der Waals surface area contributed by atoms with E-state index in [9.17, 15) is 9.59 Å². The quantitative estimate of drug-likeness (QED) is 0.198. The summed E-state index contributed by atoms with van der Waals surface area (Å²) in [7, 11) is 1.37. The lowest BCUT2D eigenvalue weighted by Gasteiger charge is -2.28. The molecule has 1 fully saturated rings. The molecule has 2 aromatic carbocycles. The zero-order valence-corrected chi connectivity index (χ0v) is 25.3. The molecule has 0 saturated carbocycles. The normalized spacial score (nSPS) is 16.3. The Morgan fingerprint density at radius 2 is 1.79 bits per heavy atom. The van der Waals surface area contributed by atoms with Gasteiger partial charge in [-0.3, -0.25) is 9.78 Å². The van der Waals surface area contributed by atoms with Crippen molar-refractivity contribution in [1.29, 1.82) is 0 Å². The van der Waals surface area contributed by atoms with E-state index in [0.717, 1.165) is 45.1 Å². The van der Waals surface area contributed by atoms with Gasteiger partial charge in [0.25, 0.3) is 0 Å². The van der Waals surface area contributed by atoms with Gasteiger partial charge in [0.05, 0.1) is 30.5 Å². The van der Waals surface area contributed by atoms with E-state index in [-0.39, 0.29) is 30.4 Å². The first-order chi connectivity index (χ1) is 20.2. The van der Waals surface area contributed by atoms with Crippen LogP contribution in [0.15, 0.2) is 72.9 Å². The van der Waals surface area contributed by atoms with Crippen molar-refractivity contribution in [2.75, 3.05) is 19.0 Å². The molecule has 1 saturated heterocycles. The monoisotopic (exact) mass is 581 g/mol. The van der Waals surface area contributed by atoms with Crippen LogP contribution in [-0.2, 0) is 9.53 Å². The van der Waals surface area contributed by atoms with Crippen LogP contribution in [-0.4, -0.2) is 45.1 Å². The molecule has 0 radical (unpaired) electrons. The summed E-state index contributed by atoms with van der Waals surface area (Å²) in [6.45, 7) is 8.58. The van der Waals surface area contributed by atoms with E-state index in [4.69, 9.17) is 17.0 Å². The minimum absolute atomic E-state index is 0.0669. The first-order valence-electron chi connectivity index (χ1n) is 13.9. The molecule has 42 heavy (non-hydrogen) atoms. The molecular weight excluding hydrogens is 546 g/mol. The van der Waals surface area contributed by atoms with Gasteiger partial charge in [-0.05, 0) is 105 Å². The van der Waals surface area contributed by atoms with Crippen molar-refractivity contribution >= 4 is 34.9 Å². The maximum absolute atomic E-state index is 13.1. The molecule has 4 aromatic rings. The largest absolute Gasteiger partial charge is 0.465 e. The van der Waals surface area contributed by atoms with Crippen LogP contribution in [0.2, 0.25) is 0 Å². The third-order valence-corrected chi connectivity index (χ3v) is 8.13. The summed E-state index contributed by atoms with van der Waals surface area (Å²) in [5, 5.41) is 7.14. The summed E-state index contributed by atoms with van der Waals surface area (Å²) in [5.41, 5.74) is 8.41. The number of carbonyl (C=O) groups excluding carboxylic acids is 2. The summed E-state index contributed by atoms with van der Waals surface area (Å²) >= 11 is 5.85. The number of rotatable bonds is 8. The van der Waals surface area contributed by atoms with Crippen molar-refractivity contribution < 1.29 is 14.3 Å². The summed E-state index contributed by atoms with van der Waals surface area (Å²) in [4.78, 5) is 31.8.